The van der Waals surface area contributed by atoms with E-state index in [0.29, 0.717) is 11.4 Å². The molecule has 0 bridgehead atoms. The summed E-state index contributed by atoms with van der Waals surface area (Å²) in [5.41, 5.74) is 1.84. The van der Waals surface area contributed by atoms with Gasteiger partial charge >= 0.3 is 0 Å². The quantitative estimate of drug-likeness (QED) is 0.676. The number of carbonyl (C=O) groups excluding carboxylic acids is 1. The highest BCUT2D eigenvalue weighted by atomic mass is 16.1. The third kappa shape index (κ3) is 1.68. The van der Waals surface area contributed by atoms with Crippen LogP contribution in [0.3, 0.4) is 0 Å². The van der Waals surface area contributed by atoms with E-state index in [1.807, 2.05) is 14.0 Å². The minimum atomic E-state index is -0.0984. The van der Waals surface area contributed by atoms with Crippen molar-refractivity contribution < 1.29 is 4.79 Å². The molecular formula is C10H12N4O. The number of hydrogen-bond donors (Lipinski definition) is 0. The minimum Gasteiger partial charge on any atom is -0.340 e. The Kier molecular flexibility index (Phi) is 2.15. The van der Waals surface area contributed by atoms with Crippen LogP contribution in [0.5, 0.6) is 0 Å². The molecule has 0 N–H and O–H groups in total. The predicted molar refractivity (Wildman–Crippen MR) is 54.6 cm³/mol. The molecule has 0 saturated heterocycles. The third-order valence-electron chi connectivity index (χ3n) is 2.17. The fraction of sp³-hybridized carbons (Fsp3) is 0.300. The van der Waals surface area contributed by atoms with Gasteiger partial charge in [0.2, 0.25) is 5.78 Å². The first-order chi connectivity index (χ1) is 7.08. The van der Waals surface area contributed by atoms with Crippen molar-refractivity contribution in [1.82, 2.24) is 19.3 Å². The average Bonchev–Trinajstić information content (AvgIpc) is 2.71. The molecule has 0 saturated carbocycles. The van der Waals surface area contributed by atoms with Crippen LogP contribution in [0.25, 0.3) is 0 Å². The van der Waals surface area contributed by atoms with E-state index in [1.54, 1.807) is 34.9 Å². The normalized spacial score (nSPS) is 10.6. The van der Waals surface area contributed by atoms with Gasteiger partial charge in [-0.1, -0.05) is 0 Å². The number of rotatable bonds is 2. The third-order valence-corrected chi connectivity index (χ3v) is 2.17. The van der Waals surface area contributed by atoms with Crippen molar-refractivity contribution >= 4 is 5.78 Å². The maximum Gasteiger partial charge on any atom is 0.230 e. The van der Waals surface area contributed by atoms with Crippen molar-refractivity contribution in [3.63, 3.8) is 0 Å². The van der Waals surface area contributed by atoms with Gasteiger partial charge in [-0.15, -0.1) is 0 Å². The highest BCUT2D eigenvalue weighted by Crippen LogP contribution is 2.08. The summed E-state index contributed by atoms with van der Waals surface area (Å²) in [5.74, 6) is -0.0984. The Bertz CT molecular complexity index is 509. The van der Waals surface area contributed by atoms with Crippen LogP contribution < -0.4 is 0 Å². The summed E-state index contributed by atoms with van der Waals surface area (Å²) < 4.78 is 3.32. The van der Waals surface area contributed by atoms with Gasteiger partial charge in [-0.05, 0) is 13.0 Å². The summed E-state index contributed by atoms with van der Waals surface area (Å²) in [6.07, 6.45) is 3.31. The molecule has 2 aromatic heterocycles. The summed E-state index contributed by atoms with van der Waals surface area (Å²) >= 11 is 0. The number of carbonyl (C=O) groups is 1. The number of aryl methyl sites for hydroxylation is 3. The Morgan fingerprint density at radius 1 is 1.40 bits per heavy atom. The van der Waals surface area contributed by atoms with E-state index in [2.05, 4.69) is 10.1 Å². The van der Waals surface area contributed by atoms with Gasteiger partial charge in [0.15, 0.2) is 0 Å². The SMILES string of the molecule is Cc1cc(C(=O)c2cn(C)cn2)n(C)n1. The molecule has 15 heavy (non-hydrogen) atoms. The lowest BCUT2D eigenvalue weighted by Crippen LogP contribution is -2.08. The number of imidazole rings is 1. The lowest BCUT2D eigenvalue weighted by molar-refractivity contribution is 0.102. The molecule has 0 aromatic carbocycles. The fourth-order valence-electron chi connectivity index (χ4n) is 1.48. The molecule has 0 fully saturated rings. The number of ketones is 1. The van der Waals surface area contributed by atoms with E-state index in [-0.39, 0.29) is 5.78 Å². The molecule has 2 rings (SSSR count). The maximum absolute atomic E-state index is 12.0. The van der Waals surface area contributed by atoms with Crippen molar-refractivity contribution in [2.75, 3.05) is 0 Å². The van der Waals surface area contributed by atoms with Gasteiger partial charge in [-0.25, -0.2) is 4.98 Å². The lowest BCUT2D eigenvalue weighted by Gasteiger charge is -1.96. The zero-order valence-corrected chi connectivity index (χ0v) is 8.93. The standard InChI is InChI=1S/C10H12N4O/c1-7-4-9(14(3)12-7)10(15)8-5-13(2)6-11-8/h4-6H,1-3H3. The zero-order chi connectivity index (χ0) is 11.0. The first-order valence-corrected chi connectivity index (χ1v) is 4.61. The molecule has 0 atom stereocenters. The molecule has 78 valence electrons. The fourth-order valence-corrected chi connectivity index (χ4v) is 1.48. The Labute approximate surface area is 87.4 Å². The molecule has 0 aliphatic rings. The number of nitrogens with zero attached hydrogens (tertiary/aromatic N) is 4. The largest absolute Gasteiger partial charge is 0.340 e. The Morgan fingerprint density at radius 3 is 2.60 bits per heavy atom. The molecule has 0 radical (unpaired) electrons. The van der Waals surface area contributed by atoms with E-state index in [4.69, 9.17) is 0 Å². The molecule has 5 nitrogen and oxygen atoms in total. The van der Waals surface area contributed by atoms with Crippen molar-refractivity contribution in [3.8, 4) is 0 Å². The van der Waals surface area contributed by atoms with E-state index >= 15 is 0 Å². The maximum atomic E-state index is 12.0. The van der Waals surface area contributed by atoms with Gasteiger partial charge in [-0.3, -0.25) is 9.48 Å². The Balaban J connectivity index is 2.40. The van der Waals surface area contributed by atoms with Crippen molar-refractivity contribution in [2.24, 2.45) is 14.1 Å². The molecule has 2 aromatic rings. The summed E-state index contributed by atoms with van der Waals surface area (Å²) in [6, 6.07) is 1.76. The van der Waals surface area contributed by atoms with Crippen LogP contribution in [-0.2, 0) is 14.1 Å². The summed E-state index contributed by atoms with van der Waals surface area (Å²) in [6.45, 7) is 1.86. The van der Waals surface area contributed by atoms with Gasteiger partial charge < -0.3 is 4.57 Å². The lowest BCUT2D eigenvalue weighted by atomic mass is 10.2. The first kappa shape index (κ1) is 9.64. The highest BCUT2D eigenvalue weighted by Gasteiger charge is 2.15. The van der Waals surface area contributed by atoms with Crippen LogP contribution in [0.1, 0.15) is 21.9 Å². The van der Waals surface area contributed by atoms with E-state index in [9.17, 15) is 4.79 Å². The number of aromatic nitrogens is 4. The number of hydrogen-bond acceptors (Lipinski definition) is 3. The Hall–Kier alpha value is -1.91. The van der Waals surface area contributed by atoms with E-state index < -0.39 is 0 Å². The summed E-state index contributed by atoms with van der Waals surface area (Å²) in [7, 11) is 3.58. The molecule has 0 amide bonds. The van der Waals surface area contributed by atoms with Crippen molar-refractivity contribution in [3.05, 3.63) is 35.7 Å². The Morgan fingerprint density at radius 2 is 2.13 bits per heavy atom. The second-order valence-corrected chi connectivity index (χ2v) is 3.55. The highest BCUT2D eigenvalue weighted by molar-refractivity contribution is 6.06. The first-order valence-electron chi connectivity index (χ1n) is 4.61. The summed E-state index contributed by atoms with van der Waals surface area (Å²) in [5, 5.41) is 4.13. The molecule has 5 heteroatoms. The molecule has 2 heterocycles. The van der Waals surface area contributed by atoms with E-state index in [0.717, 1.165) is 5.69 Å². The zero-order valence-electron chi connectivity index (χ0n) is 8.93. The second-order valence-electron chi connectivity index (χ2n) is 3.55. The van der Waals surface area contributed by atoms with E-state index in [1.165, 1.54) is 0 Å². The van der Waals surface area contributed by atoms with Crippen LogP contribution in [0.2, 0.25) is 0 Å². The van der Waals surface area contributed by atoms with Gasteiger partial charge in [-0.2, -0.15) is 5.10 Å². The molecule has 0 aliphatic carbocycles. The predicted octanol–water partition coefficient (Wildman–Crippen LogP) is 0.693. The van der Waals surface area contributed by atoms with Gasteiger partial charge in [0.25, 0.3) is 0 Å². The van der Waals surface area contributed by atoms with Crippen LogP contribution in [0.4, 0.5) is 0 Å². The minimum absolute atomic E-state index is 0.0984. The van der Waals surface area contributed by atoms with Crippen molar-refractivity contribution in [2.45, 2.75) is 6.92 Å². The molecule has 0 aliphatic heterocycles. The van der Waals surface area contributed by atoms with Gasteiger partial charge in [0.05, 0.1) is 12.0 Å². The average molecular weight is 204 g/mol. The van der Waals surface area contributed by atoms with Gasteiger partial charge in [0, 0.05) is 20.3 Å². The van der Waals surface area contributed by atoms with Gasteiger partial charge in [0.1, 0.15) is 11.4 Å². The van der Waals surface area contributed by atoms with Crippen LogP contribution in [0.15, 0.2) is 18.6 Å². The smallest absolute Gasteiger partial charge is 0.230 e. The molecule has 0 spiro atoms. The van der Waals surface area contributed by atoms with Crippen LogP contribution in [-0.4, -0.2) is 25.1 Å². The van der Waals surface area contributed by atoms with Crippen LogP contribution in [0, 0.1) is 6.92 Å². The van der Waals surface area contributed by atoms with Crippen LogP contribution >= 0.6 is 0 Å². The molecule has 0 unspecified atom stereocenters. The molecular weight excluding hydrogens is 192 g/mol. The summed E-state index contributed by atoms with van der Waals surface area (Å²) in [4.78, 5) is 16.0. The van der Waals surface area contributed by atoms with Crippen molar-refractivity contribution in [1.29, 1.82) is 0 Å². The second kappa shape index (κ2) is 3.34. The monoisotopic (exact) mass is 204 g/mol. The topological polar surface area (TPSA) is 52.7 Å².